The number of ether oxygens (including phenoxy) is 3. The third kappa shape index (κ3) is 5.83. The zero-order valence-corrected chi connectivity index (χ0v) is 21.8. The van der Waals surface area contributed by atoms with Gasteiger partial charge in [-0.1, -0.05) is 6.92 Å². The minimum Gasteiger partial charge on any atom is -0.494 e. The van der Waals surface area contributed by atoms with Crippen molar-refractivity contribution in [3.05, 3.63) is 18.6 Å². The summed E-state index contributed by atoms with van der Waals surface area (Å²) in [5.74, 6) is -0.0376. The predicted octanol–water partition coefficient (Wildman–Crippen LogP) is 2.80. The van der Waals surface area contributed by atoms with Crippen molar-refractivity contribution >= 4 is 24.7 Å². The zero-order chi connectivity index (χ0) is 26.0. The maximum atomic E-state index is 15.9. The van der Waals surface area contributed by atoms with Crippen LogP contribution in [0.4, 0.5) is 4.39 Å². The Bertz CT molecular complexity index is 1080. The molecule has 0 aliphatic carbocycles. The molecule has 3 rings (SSSR count). The number of hydrogen-bond donors (Lipinski definition) is 2. The van der Waals surface area contributed by atoms with E-state index in [1.54, 1.807) is 33.0 Å². The van der Waals surface area contributed by atoms with E-state index in [-0.39, 0.29) is 19.3 Å². The molecule has 0 saturated carbocycles. The van der Waals surface area contributed by atoms with Gasteiger partial charge >= 0.3 is 5.97 Å². The summed E-state index contributed by atoms with van der Waals surface area (Å²) in [6.07, 6.45) is -0.297. The Balaban J connectivity index is 1.78. The molecule has 0 amide bonds. The molecule has 35 heavy (non-hydrogen) atoms. The fourth-order valence-electron chi connectivity index (χ4n) is 4.19. The molecule has 13 heteroatoms. The van der Waals surface area contributed by atoms with Crippen LogP contribution in [0.25, 0.3) is 11.2 Å². The number of nitrogens with zero attached hydrogens (tertiary/aromatic N) is 3. The van der Waals surface area contributed by atoms with Gasteiger partial charge in [0.25, 0.3) is 7.52 Å². The van der Waals surface area contributed by atoms with Gasteiger partial charge in [0.1, 0.15) is 17.3 Å². The number of halogens is 1. The van der Waals surface area contributed by atoms with Crippen LogP contribution in [0.2, 0.25) is 0 Å². The van der Waals surface area contributed by atoms with Crippen LogP contribution in [-0.4, -0.2) is 71.9 Å². The van der Waals surface area contributed by atoms with Crippen molar-refractivity contribution in [2.45, 2.75) is 64.8 Å². The number of imidazole rings is 1. The highest BCUT2D eigenvalue weighted by Crippen LogP contribution is 2.50. The monoisotopic (exact) mass is 515 g/mol. The molecule has 2 aromatic heterocycles. The Labute approximate surface area is 204 Å². The van der Waals surface area contributed by atoms with Crippen LogP contribution in [0.5, 0.6) is 5.75 Å². The minimum atomic E-state index is -3.46. The number of carbonyl (C=O) groups excluding carboxylic acids is 1. The van der Waals surface area contributed by atoms with Gasteiger partial charge in [0.15, 0.2) is 18.0 Å². The van der Waals surface area contributed by atoms with E-state index in [4.69, 9.17) is 24.5 Å². The molecule has 11 nitrogen and oxygen atoms in total. The molecule has 3 heterocycles. The SMILES string of the molecule is COc1ccnc2c1ncn2[C@@H]1O[C@H](COP(C)(=O)N[C@@H](C)C(=O)OC(C)C)C(C)(CCN)[C@H]1F. The van der Waals surface area contributed by atoms with E-state index < -0.39 is 43.4 Å². The zero-order valence-electron chi connectivity index (χ0n) is 20.9. The molecule has 1 aliphatic heterocycles. The lowest BCUT2D eigenvalue weighted by Crippen LogP contribution is -2.40. The number of rotatable bonds is 11. The quantitative estimate of drug-likeness (QED) is 0.339. The number of alkyl halides is 1. The second kappa shape index (κ2) is 10.9. The van der Waals surface area contributed by atoms with E-state index in [1.165, 1.54) is 31.6 Å². The van der Waals surface area contributed by atoms with Gasteiger partial charge in [-0.15, -0.1) is 0 Å². The van der Waals surface area contributed by atoms with E-state index in [9.17, 15) is 9.36 Å². The Hall–Kier alpha value is -2.11. The highest BCUT2D eigenvalue weighted by Gasteiger charge is 2.55. The summed E-state index contributed by atoms with van der Waals surface area (Å²) in [5, 5.41) is 2.68. The van der Waals surface area contributed by atoms with Crippen LogP contribution in [-0.2, 0) is 23.4 Å². The molecule has 2 unspecified atom stereocenters. The fraction of sp³-hybridized carbons (Fsp3) is 0.682. The molecule has 196 valence electrons. The van der Waals surface area contributed by atoms with Crippen molar-refractivity contribution in [2.75, 3.05) is 26.9 Å². The average molecular weight is 516 g/mol. The van der Waals surface area contributed by atoms with Crippen molar-refractivity contribution in [2.24, 2.45) is 11.1 Å². The Morgan fingerprint density at radius 1 is 1.40 bits per heavy atom. The average Bonchev–Trinajstić information content (AvgIpc) is 3.31. The summed E-state index contributed by atoms with van der Waals surface area (Å²) in [5.41, 5.74) is 5.66. The van der Waals surface area contributed by atoms with Crippen LogP contribution in [0.15, 0.2) is 18.6 Å². The Morgan fingerprint density at radius 3 is 2.74 bits per heavy atom. The smallest absolute Gasteiger partial charge is 0.323 e. The lowest BCUT2D eigenvalue weighted by atomic mass is 9.78. The maximum absolute atomic E-state index is 15.9. The topological polar surface area (TPSA) is 140 Å². The third-order valence-corrected chi connectivity index (χ3v) is 7.62. The molecular weight excluding hydrogens is 480 g/mol. The molecule has 3 N–H and O–H groups in total. The van der Waals surface area contributed by atoms with E-state index in [2.05, 4.69) is 15.1 Å². The standard InChI is InChI=1S/C22H35FN5O6P/c1-13(2)33-21(29)14(3)27-35(6,30)32-11-16-22(4,8-9-24)18(23)20(34-16)28-12-26-17-15(31-5)7-10-25-19(17)28/h7,10,12-14,16,18,20H,8-9,11,24H2,1-6H3,(H,27,30)/t14-,16+,18-,20+,22?,35?/m0/s1. The van der Waals surface area contributed by atoms with Crippen LogP contribution in [0.3, 0.4) is 0 Å². The summed E-state index contributed by atoms with van der Waals surface area (Å²) < 4.78 is 52.7. The Morgan fingerprint density at radius 2 is 2.11 bits per heavy atom. The van der Waals surface area contributed by atoms with Gasteiger partial charge in [0.2, 0.25) is 0 Å². The molecule has 1 saturated heterocycles. The van der Waals surface area contributed by atoms with E-state index in [0.717, 1.165) is 0 Å². The van der Waals surface area contributed by atoms with Crippen LogP contribution in [0.1, 0.15) is 40.3 Å². The highest BCUT2D eigenvalue weighted by molar-refractivity contribution is 7.56. The number of hydrogen-bond acceptors (Lipinski definition) is 9. The number of fused-ring (bicyclic) bond motifs is 1. The second-order valence-electron chi connectivity index (χ2n) is 9.28. The first kappa shape index (κ1) is 27.5. The van der Waals surface area contributed by atoms with Gasteiger partial charge < -0.3 is 24.5 Å². The summed E-state index contributed by atoms with van der Waals surface area (Å²) >= 11 is 0. The maximum Gasteiger partial charge on any atom is 0.323 e. The van der Waals surface area contributed by atoms with Gasteiger partial charge in [-0.3, -0.25) is 13.9 Å². The number of aromatic nitrogens is 3. The van der Waals surface area contributed by atoms with E-state index in [0.29, 0.717) is 23.3 Å². The van der Waals surface area contributed by atoms with E-state index in [1.807, 2.05) is 0 Å². The first-order valence-electron chi connectivity index (χ1n) is 11.5. The van der Waals surface area contributed by atoms with Gasteiger partial charge in [0.05, 0.1) is 32.3 Å². The Kier molecular flexibility index (Phi) is 8.54. The summed E-state index contributed by atoms with van der Waals surface area (Å²) in [6, 6.07) is 0.814. The minimum absolute atomic E-state index is 0.177. The van der Waals surface area contributed by atoms with Crippen molar-refractivity contribution < 1.29 is 32.5 Å². The first-order valence-corrected chi connectivity index (χ1v) is 13.6. The second-order valence-corrected chi connectivity index (χ2v) is 11.5. The lowest BCUT2D eigenvalue weighted by Gasteiger charge is -2.31. The third-order valence-electron chi connectivity index (χ3n) is 6.13. The number of pyridine rings is 1. The number of nitrogens with two attached hydrogens (primary N) is 1. The number of nitrogens with one attached hydrogen (secondary N) is 1. The van der Waals surface area contributed by atoms with Crippen molar-refractivity contribution in [1.82, 2.24) is 19.6 Å². The van der Waals surface area contributed by atoms with Gasteiger partial charge in [-0.05, 0) is 33.7 Å². The normalized spacial score (nSPS) is 27.2. The van der Waals surface area contributed by atoms with Gasteiger partial charge in [-0.2, -0.15) is 0 Å². The van der Waals surface area contributed by atoms with Crippen LogP contribution < -0.4 is 15.6 Å². The predicted molar refractivity (Wildman–Crippen MR) is 128 cm³/mol. The highest BCUT2D eigenvalue weighted by atomic mass is 31.2. The summed E-state index contributed by atoms with van der Waals surface area (Å²) in [6.45, 7) is 8.11. The fourth-order valence-corrected chi connectivity index (χ4v) is 5.49. The summed E-state index contributed by atoms with van der Waals surface area (Å²) in [4.78, 5) is 20.7. The molecule has 2 aromatic rings. The largest absolute Gasteiger partial charge is 0.494 e. The molecule has 1 aliphatic rings. The van der Waals surface area contributed by atoms with E-state index >= 15 is 4.39 Å². The van der Waals surface area contributed by atoms with Crippen molar-refractivity contribution in [3.8, 4) is 5.75 Å². The number of methoxy groups -OCH3 is 1. The molecular formula is C22H35FN5O6P. The van der Waals surface area contributed by atoms with Crippen molar-refractivity contribution in [3.63, 3.8) is 0 Å². The van der Waals surface area contributed by atoms with Crippen LogP contribution >= 0.6 is 7.52 Å². The van der Waals surface area contributed by atoms with Crippen LogP contribution in [0, 0.1) is 5.41 Å². The van der Waals surface area contributed by atoms with Gasteiger partial charge in [-0.25, -0.2) is 19.4 Å². The first-order chi connectivity index (χ1) is 16.4. The molecule has 0 spiro atoms. The van der Waals surface area contributed by atoms with Gasteiger partial charge in [0, 0.05) is 24.3 Å². The summed E-state index contributed by atoms with van der Waals surface area (Å²) in [7, 11) is -1.94. The molecule has 6 atom stereocenters. The lowest BCUT2D eigenvalue weighted by molar-refractivity contribution is -0.149. The molecule has 0 aromatic carbocycles. The number of esters is 1. The molecule has 0 radical (unpaired) electrons. The molecule has 1 fully saturated rings. The number of carbonyl (C=O) groups is 1. The molecule has 0 bridgehead atoms. The van der Waals surface area contributed by atoms with Crippen molar-refractivity contribution in [1.29, 1.82) is 0 Å².